The molecule has 0 bridgehead atoms. The SMILES string of the molecule is c1ccc(-c2c3ccccc3c(N(c3ccccc3)c3ccc4c5ccccc5c5ccccc5c4c3)c3ccccc23)cc1. The van der Waals surface area contributed by atoms with Crippen molar-refractivity contribution in [2.24, 2.45) is 0 Å². The Morgan fingerprint density at radius 2 is 0.667 bits per heavy atom. The van der Waals surface area contributed by atoms with Crippen LogP contribution in [0.15, 0.2) is 176 Å². The van der Waals surface area contributed by atoms with Crippen LogP contribution in [0, 0.1) is 0 Å². The van der Waals surface area contributed by atoms with E-state index in [0.29, 0.717) is 0 Å². The fourth-order valence-corrected chi connectivity index (χ4v) is 7.28. The minimum absolute atomic E-state index is 1.13. The van der Waals surface area contributed by atoms with Gasteiger partial charge >= 0.3 is 0 Å². The summed E-state index contributed by atoms with van der Waals surface area (Å²) in [7, 11) is 0. The smallest absolute Gasteiger partial charge is 0.0618 e. The van der Waals surface area contributed by atoms with Crippen LogP contribution in [0.1, 0.15) is 0 Å². The Bertz CT molecular complexity index is 2440. The number of anilines is 3. The van der Waals surface area contributed by atoms with Gasteiger partial charge in [-0.05, 0) is 78.5 Å². The molecule has 0 unspecified atom stereocenters. The maximum atomic E-state index is 2.46. The molecule has 1 nitrogen and oxygen atoms in total. The summed E-state index contributed by atoms with van der Waals surface area (Å²) in [5, 5.41) is 12.6. The molecule has 0 heterocycles. The van der Waals surface area contributed by atoms with E-state index in [1.165, 1.54) is 70.7 Å². The molecular weight excluding hydrogens is 542 g/mol. The second kappa shape index (κ2) is 10.4. The van der Waals surface area contributed by atoms with Gasteiger partial charge in [0.2, 0.25) is 0 Å². The lowest BCUT2D eigenvalue weighted by molar-refractivity contribution is 1.32. The molecule has 210 valence electrons. The van der Waals surface area contributed by atoms with Crippen molar-refractivity contribution in [1.29, 1.82) is 0 Å². The Morgan fingerprint density at radius 1 is 0.267 bits per heavy atom. The normalized spacial score (nSPS) is 11.6. The van der Waals surface area contributed by atoms with E-state index in [-0.39, 0.29) is 0 Å². The molecule has 9 aromatic rings. The van der Waals surface area contributed by atoms with Gasteiger partial charge in [0.25, 0.3) is 0 Å². The van der Waals surface area contributed by atoms with Crippen LogP contribution in [0.3, 0.4) is 0 Å². The molecule has 1 heteroatoms. The first-order chi connectivity index (χ1) is 22.4. The molecule has 0 saturated heterocycles. The molecule has 0 spiro atoms. The minimum atomic E-state index is 1.13. The van der Waals surface area contributed by atoms with E-state index < -0.39 is 0 Å². The largest absolute Gasteiger partial charge is 0.309 e. The van der Waals surface area contributed by atoms with Gasteiger partial charge in [-0.15, -0.1) is 0 Å². The topological polar surface area (TPSA) is 3.24 Å². The van der Waals surface area contributed by atoms with Gasteiger partial charge in [-0.1, -0.05) is 152 Å². The predicted molar refractivity (Wildman–Crippen MR) is 194 cm³/mol. The second-order valence-electron chi connectivity index (χ2n) is 11.7. The number of rotatable bonds is 4. The number of hydrogen-bond donors (Lipinski definition) is 0. The molecule has 0 aromatic heterocycles. The first kappa shape index (κ1) is 25.6. The van der Waals surface area contributed by atoms with E-state index in [2.05, 4.69) is 181 Å². The van der Waals surface area contributed by atoms with Gasteiger partial charge in [0.05, 0.1) is 5.69 Å². The maximum absolute atomic E-state index is 2.46. The fourth-order valence-electron chi connectivity index (χ4n) is 7.28. The van der Waals surface area contributed by atoms with E-state index in [1.54, 1.807) is 0 Å². The third kappa shape index (κ3) is 4.02. The number of fused-ring (bicyclic) bond motifs is 8. The quantitative estimate of drug-likeness (QED) is 0.150. The van der Waals surface area contributed by atoms with E-state index in [0.717, 1.165) is 11.4 Å². The van der Waals surface area contributed by atoms with Gasteiger partial charge in [-0.25, -0.2) is 0 Å². The molecule has 0 aliphatic carbocycles. The van der Waals surface area contributed by atoms with Gasteiger partial charge in [0.1, 0.15) is 0 Å². The van der Waals surface area contributed by atoms with Gasteiger partial charge in [0, 0.05) is 22.1 Å². The summed E-state index contributed by atoms with van der Waals surface area (Å²) in [6.45, 7) is 0. The summed E-state index contributed by atoms with van der Waals surface area (Å²) in [6, 6.07) is 64.0. The van der Waals surface area contributed by atoms with Crippen LogP contribution in [0.5, 0.6) is 0 Å². The van der Waals surface area contributed by atoms with Crippen LogP contribution >= 0.6 is 0 Å². The van der Waals surface area contributed by atoms with Crippen LogP contribution in [-0.4, -0.2) is 0 Å². The number of hydrogen-bond acceptors (Lipinski definition) is 1. The Balaban J connectivity index is 1.42. The molecule has 45 heavy (non-hydrogen) atoms. The third-order valence-corrected chi connectivity index (χ3v) is 9.19. The van der Waals surface area contributed by atoms with Gasteiger partial charge in [0.15, 0.2) is 0 Å². The number of para-hydroxylation sites is 1. The first-order valence-corrected chi connectivity index (χ1v) is 15.5. The van der Waals surface area contributed by atoms with E-state index in [1.807, 2.05) is 0 Å². The molecule has 0 aliphatic rings. The zero-order valence-electron chi connectivity index (χ0n) is 24.7. The predicted octanol–water partition coefficient (Wildman–Crippen LogP) is 12.6. The molecule has 9 aromatic carbocycles. The van der Waals surface area contributed by atoms with Crippen molar-refractivity contribution in [1.82, 2.24) is 0 Å². The van der Waals surface area contributed by atoms with Crippen molar-refractivity contribution in [2.75, 3.05) is 4.90 Å². The monoisotopic (exact) mass is 571 g/mol. The van der Waals surface area contributed by atoms with Crippen molar-refractivity contribution in [3.8, 4) is 11.1 Å². The summed E-state index contributed by atoms with van der Waals surface area (Å²) < 4.78 is 0. The van der Waals surface area contributed by atoms with Gasteiger partial charge in [-0.2, -0.15) is 0 Å². The van der Waals surface area contributed by atoms with Crippen molar-refractivity contribution < 1.29 is 0 Å². The van der Waals surface area contributed by atoms with E-state index in [4.69, 9.17) is 0 Å². The average Bonchev–Trinajstić information content (AvgIpc) is 3.12. The van der Waals surface area contributed by atoms with Crippen LogP contribution in [0.2, 0.25) is 0 Å². The molecular formula is C44H29N. The minimum Gasteiger partial charge on any atom is -0.309 e. The summed E-state index contributed by atoms with van der Waals surface area (Å²) >= 11 is 0. The maximum Gasteiger partial charge on any atom is 0.0618 e. The molecule has 0 aliphatic heterocycles. The first-order valence-electron chi connectivity index (χ1n) is 15.5. The highest BCUT2D eigenvalue weighted by molar-refractivity contribution is 6.26. The van der Waals surface area contributed by atoms with Crippen molar-refractivity contribution in [3.63, 3.8) is 0 Å². The molecule has 0 N–H and O–H groups in total. The molecule has 0 amide bonds. The second-order valence-corrected chi connectivity index (χ2v) is 11.7. The Hall–Kier alpha value is -5.92. The fraction of sp³-hybridized carbons (Fsp3) is 0. The van der Waals surface area contributed by atoms with Crippen molar-refractivity contribution in [3.05, 3.63) is 176 Å². The highest BCUT2D eigenvalue weighted by Crippen LogP contribution is 2.48. The van der Waals surface area contributed by atoms with Crippen LogP contribution in [-0.2, 0) is 0 Å². The summed E-state index contributed by atoms with van der Waals surface area (Å²) in [5.41, 5.74) is 5.96. The van der Waals surface area contributed by atoms with Crippen molar-refractivity contribution >= 4 is 70.9 Å². The molecule has 0 atom stereocenters. The molecule has 0 radical (unpaired) electrons. The standard InChI is InChI=1S/C44H29N/c1-3-15-30(16-4-1)43-38-23-11-13-25-40(38)44(41-26-14-12-24-39(41)43)45(31-17-5-2-6-18-31)32-27-28-37-35-21-8-7-19-33(35)34-20-9-10-22-36(34)42(37)29-32/h1-29H. The Morgan fingerprint density at radius 3 is 1.20 bits per heavy atom. The summed E-state index contributed by atoms with van der Waals surface area (Å²) in [4.78, 5) is 2.46. The van der Waals surface area contributed by atoms with Gasteiger partial charge in [-0.3, -0.25) is 0 Å². The highest BCUT2D eigenvalue weighted by Gasteiger charge is 2.22. The average molecular weight is 572 g/mol. The lowest BCUT2D eigenvalue weighted by atomic mass is 9.89. The summed E-state index contributed by atoms with van der Waals surface area (Å²) in [6.07, 6.45) is 0. The van der Waals surface area contributed by atoms with Crippen LogP contribution in [0.4, 0.5) is 17.1 Å². The van der Waals surface area contributed by atoms with Crippen LogP contribution in [0.25, 0.3) is 65.0 Å². The van der Waals surface area contributed by atoms with Crippen molar-refractivity contribution in [2.45, 2.75) is 0 Å². The van der Waals surface area contributed by atoms with E-state index >= 15 is 0 Å². The molecule has 9 rings (SSSR count). The van der Waals surface area contributed by atoms with E-state index in [9.17, 15) is 0 Å². The number of nitrogens with zero attached hydrogens (tertiary/aromatic N) is 1. The molecule has 0 saturated carbocycles. The Kier molecular flexibility index (Phi) is 5.89. The zero-order valence-corrected chi connectivity index (χ0v) is 24.7. The third-order valence-electron chi connectivity index (χ3n) is 9.19. The summed E-state index contributed by atoms with van der Waals surface area (Å²) in [5.74, 6) is 0. The van der Waals surface area contributed by atoms with Gasteiger partial charge < -0.3 is 4.90 Å². The zero-order chi connectivity index (χ0) is 29.7. The lowest BCUT2D eigenvalue weighted by Crippen LogP contribution is -2.11. The van der Waals surface area contributed by atoms with Crippen LogP contribution < -0.4 is 4.90 Å². The number of benzene rings is 9. The Labute approximate surface area is 262 Å². The lowest BCUT2D eigenvalue weighted by Gasteiger charge is -2.30. The highest BCUT2D eigenvalue weighted by atomic mass is 15.1. The molecule has 0 fully saturated rings.